The molecule has 1 fully saturated rings. The van der Waals surface area contributed by atoms with Crippen molar-refractivity contribution in [2.75, 3.05) is 38.5 Å². The maximum Gasteiger partial charge on any atom is 0.416 e. The maximum absolute atomic E-state index is 13.4. The summed E-state index contributed by atoms with van der Waals surface area (Å²) in [5.41, 5.74) is 2.81. The molecule has 35 heavy (non-hydrogen) atoms. The van der Waals surface area contributed by atoms with Gasteiger partial charge in [0, 0.05) is 32.7 Å². The van der Waals surface area contributed by atoms with Crippen LogP contribution in [0, 0.1) is 5.92 Å². The van der Waals surface area contributed by atoms with E-state index in [1.165, 1.54) is 16.4 Å². The molecule has 0 unspecified atom stereocenters. The molecule has 0 atom stereocenters. The molecule has 2 aliphatic rings. The van der Waals surface area contributed by atoms with Crippen molar-refractivity contribution in [1.29, 1.82) is 0 Å². The summed E-state index contributed by atoms with van der Waals surface area (Å²) >= 11 is 0. The molecule has 1 saturated heterocycles. The molecular weight excluding hydrogens is 481 g/mol. The minimum absolute atomic E-state index is 0.00104. The normalized spacial score (nSPS) is 19.5. The number of benzene rings is 1. The highest BCUT2D eigenvalue weighted by Gasteiger charge is 2.37. The van der Waals surface area contributed by atoms with Crippen LogP contribution in [-0.2, 0) is 21.0 Å². The molecular formula is C24H33F3N4O3S. The molecule has 0 bridgehead atoms. The predicted octanol–water partition coefficient (Wildman–Crippen LogP) is 3.60. The van der Waals surface area contributed by atoms with Gasteiger partial charge < -0.3 is 10.3 Å². The molecule has 1 aromatic carbocycles. The summed E-state index contributed by atoms with van der Waals surface area (Å²) in [5, 5.41) is 4.21. The third kappa shape index (κ3) is 6.84. The molecule has 2 heterocycles. The number of rotatable bonds is 5. The first kappa shape index (κ1) is 27.2. The molecule has 11 heteroatoms. The van der Waals surface area contributed by atoms with E-state index in [-0.39, 0.29) is 48.5 Å². The topological polar surface area (TPSA) is 82.1 Å². The van der Waals surface area contributed by atoms with Gasteiger partial charge in [0.05, 0.1) is 11.3 Å². The Morgan fingerprint density at radius 1 is 1.20 bits per heavy atom. The van der Waals surface area contributed by atoms with Crippen LogP contribution in [-0.4, -0.2) is 67.7 Å². The first-order chi connectivity index (χ1) is 16.4. The van der Waals surface area contributed by atoms with Crippen molar-refractivity contribution in [3.05, 3.63) is 47.5 Å². The number of amides is 1. The highest BCUT2D eigenvalue weighted by Crippen LogP contribution is 2.38. The second kappa shape index (κ2) is 11.1. The first-order valence-electron chi connectivity index (χ1n) is 11.8. The lowest BCUT2D eigenvalue weighted by Crippen LogP contribution is -2.44. The number of carbonyl (C=O) groups is 1. The van der Waals surface area contributed by atoms with Crippen molar-refractivity contribution in [1.82, 2.24) is 14.6 Å². The molecule has 0 aliphatic carbocycles. The largest absolute Gasteiger partial charge is 0.416 e. The summed E-state index contributed by atoms with van der Waals surface area (Å²) in [6.45, 7) is 8.82. The minimum Gasteiger partial charge on any atom is -0.337 e. The quantitative estimate of drug-likeness (QED) is 0.651. The fraction of sp³-hybridized carbons (Fsp3) is 0.583. The Balaban J connectivity index is 1.71. The summed E-state index contributed by atoms with van der Waals surface area (Å²) < 4.78 is 67.3. The highest BCUT2D eigenvalue weighted by molar-refractivity contribution is 7.89. The fourth-order valence-electron chi connectivity index (χ4n) is 4.53. The number of alkyl halides is 3. The monoisotopic (exact) mass is 514 g/mol. The van der Waals surface area contributed by atoms with Crippen molar-refractivity contribution in [2.24, 2.45) is 11.0 Å². The van der Waals surface area contributed by atoms with E-state index in [4.69, 9.17) is 0 Å². The van der Waals surface area contributed by atoms with Gasteiger partial charge >= 0.3 is 6.18 Å². The van der Waals surface area contributed by atoms with E-state index in [0.717, 1.165) is 6.07 Å². The number of nitrogens with zero attached hydrogens (tertiary/aromatic N) is 3. The minimum atomic E-state index is -4.43. The van der Waals surface area contributed by atoms with Gasteiger partial charge in [0.25, 0.3) is 5.91 Å². The lowest BCUT2D eigenvalue weighted by atomic mass is 9.86. The lowest BCUT2D eigenvalue weighted by molar-refractivity contribution is -0.138. The molecule has 7 nitrogen and oxygen atoms in total. The van der Waals surface area contributed by atoms with E-state index in [1.54, 1.807) is 11.0 Å². The first-order valence-corrected chi connectivity index (χ1v) is 13.4. The zero-order chi connectivity index (χ0) is 25.8. The van der Waals surface area contributed by atoms with E-state index in [9.17, 15) is 26.4 Å². The van der Waals surface area contributed by atoms with Gasteiger partial charge in [-0.25, -0.2) is 8.42 Å². The summed E-state index contributed by atoms with van der Waals surface area (Å²) in [5.74, 6) is -0.746. The number of likely N-dealkylation sites (tertiary alicyclic amines) is 1. The molecule has 1 amide bonds. The maximum atomic E-state index is 13.4. The Bertz CT molecular complexity index is 1060. The van der Waals surface area contributed by atoms with E-state index in [1.807, 2.05) is 13.8 Å². The molecule has 0 spiro atoms. The molecule has 0 aromatic heterocycles. The van der Waals surface area contributed by atoms with Crippen LogP contribution in [0.4, 0.5) is 13.2 Å². The standard InChI is InChI=1S/C24H33F3N4O3S/c1-17(2)16-35(33,34)31-12-6-11-28-29-22(18(3)15-31)23(32)30-13-9-19(10-14-30)20-7-4-5-8-21(20)24(25,26)27/h4-5,7-8,17,19,28H,3,6,9-16H2,1-2H3. The predicted molar refractivity (Wildman–Crippen MR) is 129 cm³/mol. The Morgan fingerprint density at radius 2 is 1.86 bits per heavy atom. The summed E-state index contributed by atoms with van der Waals surface area (Å²) in [7, 11) is -3.53. The second-order valence-electron chi connectivity index (χ2n) is 9.48. The van der Waals surface area contributed by atoms with Crippen LogP contribution in [0.15, 0.2) is 41.5 Å². The van der Waals surface area contributed by atoms with Crippen LogP contribution in [0.1, 0.15) is 50.2 Å². The number of carbonyl (C=O) groups excluding carboxylic acids is 1. The number of hydrazone groups is 1. The molecule has 2 aliphatic heterocycles. The molecule has 3 rings (SSSR count). The molecule has 0 radical (unpaired) electrons. The van der Waals surface area contributed by atoms with Gasteiger partial charge in [-0.15, -0.1) is 0 Å². The van der Waals surface area contributed by atoms with Crippen LogP contribution in [0.2, 0.25) is 0 Å². The van der Waals surface area contributed by atoms with Crippen molar-refractivity contribution < 1.29 is 26.4 Å². The SMILES string of the molecule is C=C1CN(S(=O)(=O)CC(C)C)CCCNN=C1C(=O)N1CCC(c2ccccc2C(F)(F)F)CC1. The number of hydrogen-bond donors (Lipinski definition) is 1. The van der Waals surface area contributed by atoms with Crippen LogP contribution >= 0.6 is 0 Å². The Hall–Kier alpha value is -2.40. The van der Waals surface area contributed by atoms with Gasteiger partial charge in [-0.3, -0.25) is 4.79 Å². The number of sulfonamides is 1. The Labute approximate surface area is 205 Å². The van der Waals surface area contributed by atoms with Crippen molar-refractivity contribution in [3.8, 4) is 0 Å². The zero-order valence-electron chi connectivity index (χ0n) is 20.1. The summed E-state index contributed by atoms with van der Waals surface area (Å²) in [4.78, 5) is 14.8. The average molecular weight is 515 g/mol. The van der Waals surface area contributed by atoms with Gasteiger partial charge in [0.15, 0.2) is 5.71 Å². The Kier molecular flexibility index (Phi) is 8.63. The van der Waals surface area contributed by atoms with Gasteiger partial charge in [-0.05, 0) is 48.3 Å². The van der Waals surface area contributed by atoms with Crippen LogP contribution in [0.5, 0.6) is 0 Å². The van der Waals surface area contributed by atoms with Crippen LogP contribution in [0.3, 0.4) is 0 Å². The summed E-state index contributed by atoms with van der Waals surface area (Å²) in [6, 6.07) is 5.58. The van der Waals surface area contributed by atoms with E-state index >= 15 is 0 Å². The highest BCUT2D eigenvalue weighted by atomic mass is 32.2. The van der Waals surface area contributed by atoms with E-state index < -0.39 is 27.7 Å². The van der Waals surface area contributed by atoms with E-state index in [2.05, 4.69) is 17.1 Å². The molecule has 194 valence electrons. The van der Waals surface area contributed by atoms with Gasteiger partial charge in [0.1, 0.15) is 0 Å². The fourth-order valence-corrected chi connectivity index (χ4v) is 6.35. The van der Waals surface area contributed by atoms with Gasteiger partial charge in [-0.1, -0.05) is 38.6 Å². The van der Waals surface area contributed by atoms with Crippen molar-refractivity contribution in [2.45, 2.75) is 45.2 Å². The zero-order valence-corrected chi connectivity index (χ0v) is 21.0. The number of nitrogens with one attached hydrogen (secondary N) is 1. The van der Waals surface area contributed by atoms with Crippen LogP contribution < -0.4 is 5.43 Å². The number of halogens is 3. The molecule has 1 aromatic rings. The smallest absolute Gasteiger partial charge is 0.337 e. The summed E-state index contributed by atoms with van der Waals surface area (Å²) in [6.07, 6.45) is -3.12. The lowest BCUT2D eigenvalue weighted by Gasteiger charge is -2.33. The third-order valence-electron chi connectivity index (χ3n) is 6.22. The van der Waals surface area contributed by atoms with Gasteiger partial charge in [-0.2, -0.15) is 22.6 Å². The third-order valence-corrected chi connectivity index (χ3v) is 8.40. The van der Waals surface area contributed by atoms with Crippen molar-refractivity contribution >= 4 is 21.6 Å². The average Bonchev–Trinajstić information content (AvgIpc) is 2.88. The Morgan fingerprint density at radius 3 is 2.49 bits per heavy atom. The van der Waals surface area contributed by atoms with Gasteiger partial charge in [0.2, 0.25) is 10.0 Å². The number of piperidine rings is 1. The molecule has 0 saturated carbocycles. The number of hydrogen-bond acceptors (Lipinski definition) is 5. The van der Waals surface area contributed by atoms with E-state index in [0.29, 0.717) is 37.9 Å². The van der Waals surface area contributed by atoms with Crippen molar-refractivity contribution in [3.63, 3.8) is 0 Å². The molecule has 1 N–H and O–H groups in total. The second-order valence-corrected chi connectivity index (χ2v) is 11.5. The van der Waals surface area contributed by atoms with Crippen LogP contribution in [0.25, 0.3) is 0 Å².